The second-order valence-electron chi connectivity index (χ2n) is 4.79. The summed E-state index contributed by atoms with van der Waals surface area (Å²) < 4.78 is 4.12. The Morgan fingerprint density at radius 1 is 1.71 bits per heavy atom. The Hall–Kier alpha value is -0.940. The predicted molar refractivity (Wildman–Crippen MR) is 69.4 cm³/mol. The molecule has 0 bridgehead atoms. The summed E-state index contributed by atoms with van der Waals surface area (Å²) in [6.07, 6.45) is 2.45. The van der Waals surface area contributed by atoms with E-state index < -0.39 is 0 Å². The third-order valence-corrected chi connectivity index (χ3v) is 3.99. The van der Waals surface area contributed by atoms with Gasteiger partial charge in [0.2, 0.25) is 0 Å². The highest BCUT2D eigenvalue weighted by Gasteiger charge is 2.18. The van der Waals surface area contributed by atoms with Gasteiger partial charge in [-0.25, -0.2) is 0 Å². The van der Waals surface area contributed by atoms with Crippen molar-refractivity contribution in [3.05, 3.63) is 16.6 Å². The van der Waals surface area contributed by atoms with Gasteiger partial charge in [0.15, 0.2) is 0 Å². The number of likely N-dealkylation sites (tertiary alicyclic amines) is 1. The van der Waals surface area contributed by atoms with E-state index in [0.29, 0.717) is 5.92 Å². The Kier molecular flexibility index (Phi) is 4.12. The highest BCUT2D eigenvalue weighted by Crippen LogP contribution is 2.14. The van der Waals surface area contributed by atoms with Gasteiger partial charge in [-0.05, 0) is 50.8 Å². The first-order chi connectivity index (χ1) is 8.16. The van der Waals surface area contributed by atoms with Crippen LogP contribution in [0.5, 0.6) is 0 Å². The zero-order valence-corrected chi connectivity index (χ0v) is 11.2. The van der Waals surface area contributed by atoms with Gasteiger partial charge in [0.05, 0.1) is 11.3 Å². The van der Waals surface area contributed by atoms with E-state index in [1.807, 2.05) is 12.3 Å². The van der Waals surface area contributed by atoms with Crippen molar-refractivity contribution in [3.63, 3.8) is 0 Å². The molecule has 5 heteroatoms. The number of nitrogens with zero attached hydrogens (tertiary/aromatic N) is 2. The lowest BCUT2D eigenvalue weighted by molar-refractivity contribution is 0.0936. The molecule has 1 aromatic heterocycles. The first-order valence-electron chi connectivity index (χ1n) is 6.04. The van der Waals surface area contributed by atoms with Crippen LogP contribution in [0.2, 0.25) is 0 Å². The fourth-order valence-corrected chi connectivity index (χ4v) is 2.97. The molecule has 17 heavy (non-hydrogen) atoms. The molecule has 0 spiro atoms. The van der Waals surface area contributed by atoms with Crippen LogP contribution < -0.4 is 5.32 Å². The Morgan fingerprint density at radius 2 is 2.53 bits per heavy atom. The molecule has 94 valence electrons. The van der Waals surface area contributed by atoms with E-state index in [4.69, 9.17) is 0 Å². The number of nitrogens with one attached hydrogen (secondary N) is 1. The second kappa shape index (κ2) is 5.60. The minimum absolute atomic E-state index is 0.0180. The SMILES string of the molecule is Cc1nscc1C(=O)NCC1CCCN(C)C1. The van der Waals surface area contributed by atoms with E-state index in [9.17, 15) is 4.79 Å². The topological polar surface area (TPSA) is 45.2 Å². The molecular formula is C12H19N3OS. The van der Waals surface area contributed by atoms with Crippen molar-refractivity contribution in [3.8, 4) is 0 Å². The van der Waals surface area contributed by atoms with E-state index in [0.717, 1.165) is 24.3 Å². The lowest BCUT2D eigenvalue weighted by Crippen LogP contribution is -2.39. The summed E-state index contributed by atoms with van der Waals surface area (Å²) in [5.74, 6) is 0.606. The van der Waals surface area contributed by atoms with Gasteiger partial charge < -0.3 is 10.2 Å². The Labute approximate surface area is 106 Å². The minimum Gasteiger partial charge on any atom is -0.352 e. The van der Waals surface area contributed by atoms with Crippen molar-refractivity contribution in [2.45, 2.75) is 19.8 Å². The highest BCUT2D eigenvalue weighted by atomic mass is 32.1. The Bertz CT molecular complexity index is 391. The van der Waals surface area contributed by atoms with E-state index >= 15 is 0 Å². The van der Waals surface area contributed by atoms with Gasteiger partial charge in [-0.15, -0.1) is 0 Å². The van der Waals surface area contributed by atoms with Crippen LogP contribution in [-0.4, -0.2) is 41.9 Å². The molecule has 1 atom stereocenters. The number of aromatic nitrogens is 1. The summed E-state index contributed by atoms with van der Waals surface area (Å²) >= 11 is 1.34. The molecule has 1 aliphatic rings. The molecule has 1 aliphatic heterocycles. The van der Waals surface area contributed by atoms with Crippen LogP contribution in [0.3, 0.4) is 0 Å². The number of hydrogen-bond acceptors (Lipinski definition) is 4. The number of carbonyl (C=O) groups is 1. The third-order valence-electron chi connectivity index (χ3n) is 3.27. The molecule has 1 fully saturated rings. The molecule has 0 aromatic carbocycles. The molecule has 2 rings (SSSR count). The van der Waals surface area contributed by atoms with Gasteiger partial charge in [0.25, 0.3) is 5.91 Å². The van der Waals surface area contributed by atoms with E-state index in [1.54, 1.807) is 0 Å². The van der Waals surface area contributed by atoms with Crippen molar-refractivity contribution in [2.75, 3.05) is 26.7 Å². The summed E-state index contributed by atoms with van der Waals surface area (Å²) in [5, 5.41) is 4.83. The number of piperidine rings is 1. The lowest BCUT2D eigenvalue weighted by atomic mass is 9.98. The number of hydrogen-bond donors (Lipinski definition) is 1. The normalized spacial score (nSPS) is 21.4. The number of aryl methyl sites for hydroxylation is 1. The summed E-state index contributed by atoms with van der Waals surface area (Å²) in [5.41, 5.74) is 1.55. The van der Waals surface area contributed by atoms with E-state index in [-0.39, 0.29) is 5.91 Å². The molecule has 1 amide bonds. The fraction of sp³-hybridized carbons (Fsp3) is 0.667. The van der Waals surface area contributed by atoms with Gasteiger partial charge in [-0.2, -0.15) is 4.37 Å². The standard InChI is InChI=1S/C12H19N3OS/c1-9-11(8-17-14-9)12(16)13-6-10-4-3-5-15(2)7-10/h8,10H,3-7H2,1-2H3,(H,13,16). The van der Waals surface area contributed by atoms with Crippen molar-refractivity contribution in [1.29, 1.82) is 0 Å². The van der Waals surface area contributed by atoms with Crippen molar-refractivity contribution in [2.24, 2.45) is 5.92 Å². The van der Waals surface area contributed by atoms with E-state index in [2.05, 4.69) is 21.6 Å². The maximum atomic E-state index is 11.9. The van der Waals surface area contributed by atoms with Gasteiger partial charge in [-0.3, -0.25) is 4.79 Å². The lowest BCUT2D eigenvalue weighted by Gasteiger charge is -2.29. The third kappa shape index (κ3) is 3.26. The smallest absolute Gasteiger partial charge is 0.254 e. The van der Waals surface area contributed by atoms with Crippen LogP contribution in [0.1, 0.15) is 28.9 Å². The maximum absolute atomic E-state index is 11.9. The summed E-state index contributed by atoms with van der Waals surface area (Å²) in [4.78, 5) is 14.2. The zero-order chi connectivity index (χ0) is 12.3. The fourth-order valence-electron chi connectivity index (χ4n) is 2.28. The zero-order valence-electron chi connectivity index (χ0n) is 10.4. The summed E-state index contributed by atoms with van der Waals surface area (Å²) in [6.45, 7) is 4.91. The molecule has 1 saturated heterocycles. The van der Waals surface area contributed by atoms with Crippen molar-refractivity contribution in [1.82, 2.24) is 14.6 Å². The predicted octanol–water partition coefficient (Wildman–Crippen LogP) is 1.52. The van der Waals surface area contributed by atoms with Crippen LogP contribution in [0.15, 0.2) is 5.38 Å². The first kappa shape index (κ1) is 12.5. The van der Waals surface area contributed by atoms with Gasteiger partial charge >= 0.3 is 0 Å². The molecule has 1 N–H and O–H groups in total. The van der Waals surface area contributed by atoms with Gasteiger partial charge in [0, 0.05) is 18.5 Å². The highest BCUT2D eigenvalue weighted by molar-refractivity contribution is 7.03. The average molecular weight is 253 g/mol. The summed E-state index contributed by atoms with van der Waals surface area (Å²) in [6, 6.07) is 0. The maximum Gasteiger partial charge on any atom is 0.254 e. The molecule has 1 aromatic rings. The van der Waals surface area contributed by atoms with Crippen LogP contribution in [0, 0.1) is 12.8 Å². The molecule has 0 saturated carbocycles. The number of rotatable bonds is 3. The largest absolute Gasteiger partial charge is 0.352 e. The summed E-state index contributed by atoms with van der Waals surface area (Å²) in [7, 11) is 2.14. The Balaban J connectivity index is 1.82. The van der Waals surface area contributed by atoms with Gasteiger partial charge in [-0.1, -0.05) is 0 Å². The number of amides is 1. The van der Waals surface area contributed by atoms with Crippen molar-refractivity contribution >= 4 is 17.4 Å². The quantitative estimate of drug-likeness (QED) is 0.888. The van der Waals surface area contributed by atoms with Crippen LogP contribution in [0.4, 0.5) is 0 Å². The minimum atomic E-state index is 0.0180. The molecular weight excluding hydrogens is 234 g/mol. The molecule has 2 heterocycles. The van der Waals surface area contributed by atoms with Gasteiger partial charge in [0.1, 0.15) is 0 Å². The number of carbonyl (C=O) groups excluding carboxylic acids is 1. The average Bonchev–Trinajstić information content (AvgIpc) is 2.72. The molecule has 0 aliphatic carbocycles. The first-order valence-corrected chi connectivity index (χ1v) is 6.88. The van der Waals surface area contributed by atoms with Crippen LogP contribution in [0.25, 0.3) is 0 Å². The molecule has 1 unspecified atom stereocenters. The second-order valence-corrected chi connectivity index (χ2v) is 5.42. The van der Waals surface area contributed by atoms with Crippen molar-refractivity contribution < 1.29 is 4.79 Å². The van der Waals surface area contributed by atoms with Crippen LogP contribution >= 0.6 is 11.5 Å². The van der Waals surface area contributed by atoms with Crippen LogP contribution in [-0.2, 0) is 0 Å². The Morgan fingerprint density at radius 3 is 3.18 bits per heavy atom. The molecule has 4 nitrogen and oxygen atoms in total. The van der Waals surface area contributed by atoms with E-state index in [1.165, 1.54) is 30.9 Å². The molecule has 0 radical (unpaired) electrons. The monoisotopic (exact) mass is 253 g/mol.